The lowest BCUT2D eigenvalue weighted by Gasteiger charge is -2.25. The van der Waals surface area contributed by atoms with Crippen LogP contribution in [-0.4, -0.2) is 59.0 Å². The third-order valence-electron chi connectivity index (χ3n) is 11.9. The van der Waals surface area contributed by atoms with Crippen LogP contribution < -0.4 is 11.1 Å². The Bertz CT molecular complexity index is 971. The molecule has 0 heterocycles. The zero-order chi connectivity index (χ0) is 44.0. The minimum Gasteiger partial charge on any atom is -0.393 e. The number of aliphatic hydroxyl groups is 2. The largest absolute Gasteiger partial charge is 0.472 e. The van der Waals surface area contributed by atoms with Crippen LogP contribution >= 0.6 is 7.82 Å². The summed E-state index contributed by atoms with van der Waals surface area (Å²) in [6.45, 7) is 4.08. The number of rotatable bonds is 49. The average molecular weight is 873 g/mol. The maximum absolute atomic E-state index is 12.9. The second-order valence-electron chi connectivity index (χ2n) is 17.9. The summed E-state index contributed by atoms with van der Waals surface area (Å²) < 4.78 is 22.2. The van der Waals surface area contributed by atoms with Crippen molar-refractivity contribution in [2.24, 2.45) is 5.73 Å². The van der Waals surface area contributed by atoms with E-state index < -0.39 is 32.0 Å². The van der Waals surface area contributed by atoms with Crippen molar-refractivity contribution in [2.45, 2.75) is 283 Å². The lowest BCUT2D eigenvalue weighted by Crippen LogP contribution is -2.47. The molecule has 0 aliphatic heterocycles. The molecule has 10 heteroatoms. The van der Waals surface area contributed by atoms with Crippen LogP contribution in [0.5, 0.6) is 0 Å². The molecule has 0 bridgehead atoms. The van der Waals surface area contributed by atoms with Crippen molar-refractivity contribution in [2.75, 3.05) is 19.8 Å². The van der Waals surface area contributed by atoms with Crippen LogP contribution in [0.25, 0.3) is 0 Å². The van der Waals surface area contributed by atoms with Crippen LogP contribution in [0.2, 0.25) is 0 Å². The standard InChI is InChI=1S/C50H101N2O7P/c1-3-5-7-9-11-13-15-17-19-21-23-24-26-28-30-32-34-36-38-40-42-49(54)48(46-59-60(56,57)58-44-43-51)52-50(55)45-47(53)41-39-37-35-33-31-29-27-25-22-20-18-16-14-12-10-8-6-4-2/h25,27,47-49,53-54H,3-24,26,28-46,51H2,1-2H3,(H,52,55)(H,56,57)/b27-25-. The van der Waals surface area contributed by atoms with Crippen LogP contribution in [0, 0.1) is 0 Å². The third-order valence-corrected chi connectivity index (χ3v) is 12.9. The maximum Gasteiger partial charge on any atom is 0.472 e. The molecule has 0 aromatic heterocycles. The van der Waals surface area contributed by atoms with Crippen LogP contribution in [0.1, 0.15) is 264 Å². The summed E-state index contributed by atoms with van der Waals surface area (Å²) in [7, 11) is -4.38. The zero-order valence-corrected chi connectivity index (χ0v) is 40.5. The van der Waals surface area contributed by atoms with Crippen molar-refractivity contribution >= 4 is 13.7 Å². The van der Waals surface area contributed by atoms with Crippen molar-refractivity contribution in [3.8, 4) is 0 Å². The number of allylic oxidation sites excluding steroid dienone is 2. The molecule has 1 amide bonds. The molecule has 0 aliphatic rings. The van der Waals surface area contributed by atoms with E-state index in [4.69, 9.17) is 14.8 Å². The van der Waals surface area contributed by atoms with E-state index in [1.54, 1.807) is 0 Å². The van der Waals surface area contributed by atoms with E-state index in [2.05, 4.69) is 31.3 Å². The van der Waals surface area contributed by atoms with Gasteiger partial charge in [-0.05, 0) is 38.5 Å². The molecule has 9 nitrogen and oxygen atoms in total. The molecule has 0 spiro atoms. The van der Waals surface area contributed by atoms with E-state index in [1.807, 2.05) is 0 Å². The molecule has 0 radical (unpaired) electrons. The Hall–Kier alpha value is -0.800. The average Bonchev–Trinajstić information content (AvgIpc) is 3.23. The number of unbranched alkanes of at least 4 members (excludes halogenated alkanes) is 33. The molecule has 6 N–H and O–H groups in total. The quantitative estimate of drug-likeness (QED) is 0.0230. The fourth-order valence-electron chi connectivity index (χ4n) is 8.00. The summed E-state index contributed by atoms with van der Waals surface area (Å²) in [5, 5.41) is 24.3. The molecule has 0 fully saturated rings. The van der Waals surface area contributed by atoms with Crippen LogP contribution in [0.4, 0.5) is 0 Å². The zero-order valence-electron chi connectivity index (χ0n) is 39.6. The fraction of sp³-hybridized carbons (Fsp3) is 0.940. The highest BCUT2D eigenvalue weighted by Crippen LogP contribution is 2.43. The molecule has 4 atom stereocenters. The third kappa shape index (κ3) is 43.8. The summed E-state index contributed by atoms with van der Waals surface area (Å²) in [6, 6.07) is -0.897. The highest BCUT2D eigenvalue weighted by atomic mass is 31.2. The molecule has 358 valence electrons. The van der Waals surface area contributed by atoms with E-state index in [0.29, 0.717) is 12.8 Å². The van der Waals surface area contributed by atoms with Crippen molar-refractivity contribution < 1.29 is 33.5 Å². The Morgan fingerprint density at radius 2 is 0.900 bits per heavy atom. The SMILES string of the molecule is CCCCCCCCCCC/C=C\CCCCCCCC(O)CC(=O)NC(COP(=O)(O)OCCN)C(O)CCCCCCCCCCCCCCCCCCCCCC. The maximum atomic E-state index is 12.9. The molecule has 0 aliphatic carbocycles. The van der Waals surface area contributed by atoms with Gasteiger partial charge in [0.25, 0.3) is 0 Å². The number of amides is 1. The van der Waals surface area contributed by atoms with Gasteiger partial charge in [-0.2, -0.15) is 0 Å². The Labute approximate surface area is 371 Å². The lowest BCUT2D eigenvalue weighted by atomic mass is 10.0. The number of hydrogen-bond donors (Lipinski definition) is 5. The van der Waals surface area contributed by atoms with Crippen LogP contribution in [0.15, 0.2) is 12.2 Å². The van der Waals surface area contributed by atoms with Crippen molar-refractivity contribution in [3.05, 3.63) is 12.2 Å². The number of nitrogens with two attached hydrogens (primary N) is 1. The number of phosphoric ester groups is 1. The first kappa shape index (κ1) is 59.2. The van der Waals surface area contributed by atoms with Crippen LogP contribution in [0.3, 0.4) is 0 Å². The molecule has 0 aromatic carbocycles. The van der Waals surface area contributed by atoms with Gasteiger partial charge in [-0.3, -0.25) is 13.8 Å². The summed E-state index contributed by atoms with van der Waals surface area (Å²) in [6.07, 6.45) is 49.7. The molecular weight excluding hydrogens is 772 g/mol. The fourth-order valence-corrected chi connectivity index (χ4v) is 8.76. The number of nitrogens with one attached hydrogen (secondary N) is 1. The number of aliphatic hydroxyl groups excluding tert-OH is 2. The Balaban J connectivity index is 4.14. The Kier molecular flexibility index (Phi) is 45.6. The normalized spacial score (nSPS) is 14.4. The molecule has 60 heavy (non-hydrogen) atoms. The van der Waals surface area contributed by atoms with Gasteiger partial charge in [0, 0.05) is 6.54 Å². The molecular formula is C50H101N2O7P. The second-order valence-corrected chi connectivity index (χ2v) is 19.4. The van der Waals surface area contributed by atoms with Crippen molar-refractivity contribution in [3.63, 3.8) is 0 Å². The summed E-state index contributed by atoms with van der Waals surface area (Å²) in [4.78, 5) is 22.9. The number of carbonyl (C=O) groups is 1. The van der Waals surface area contributed by atoms with Gasteiger partial charge in [0.05, 0.1) is 37.9 Å². The lowest BCUT2D eigenvalue weighted by molar-refractivity contribution is -0.125. The first-order valence-electron chi connectivity index (χ1n) is 25.9. The van der Waals surface area contributed by atoms with E-state index in [0.717, 1.165) is 44.9 Å². The van der Waals surface area contributed by atoms with E-state index in [9.17, 15) is 24.5 Å². The van der Waals surface area contributed by atoms with E-state index >= 15 is 0 Å². The summed E-state index contributed by atoms with van der Waals surface area (Å²) in [5.41, 5.74) is 5.39. The number of phosphoric acid groups is 1. The Morgan fingerprint density at radius 3 is 1.28 bits per heavy atom. The minimum absolute atomic E-state index is 0.0604. The highest BCUT2D eigenvalue weighted by Gasteiger charge is 2.28. The van der Waals surface area contributed by atoms with Gasteiger partial charge in [0.2, 0.25) is 5.91 Å². The number of carbonyl (C=O) groups excluding carboxylic acids is 1. The number of hydrogen-bond acceptors (Lipinski definition) is 7. The molecule has 0 saturated carbocycles. The summed E-state index contributed by atoms with van der Waals surface area (Å²) in [5.74, 6) is -0.413. The van der Waals surface area contributed by atoms with Gasteiger partial charge in [-0.25, -0.2) is 4.57 Å². The van der Waals surface area contributed by atoms with Gasteiger partial charge >= 0.3 is 7.82 Å². The topological polar surface area (TPSA) is 151 Å². The highest BCUT2D eigenvalue weighted by molar-refractivity contribution is 7.47. The van der Waals surface area contributed by atoms with Crippen LogP contribution in [-0.2, 0) is 18.4 Å². The van der Waals surface area contributed by atoms with Crippen molar-refractivity contribution in [1.82, 2.24) is 5.32 Å². The first-order chi connectivity index (χ1) is 29.3. The predicted molar refractivity (Wildman–Crippen MR) is 255 cm³/mol. The van der Waals surface area contributed by atoms with E-state index in [1.165, 1.54) is 186 Å². The molecule has 0 saturated heterocycles. The smallest absolute Gasteiger partial charge is 0.393 e. The van der Waals surface area contributed by atoms with Gasteiger partial charge in [-0.1, -0.05) is 231 Å². The predicted octanol–water partition coefficient (Wildman–Crippen LogP) is 14.1. The minimum atomic E-state index is -4.38. The van der Waals surface area contributed by atoms with Gasteiger partial charge in [0.15, 0.2) is 0 Å². The van der Waals surface area contributed by atoms with E-state index in [-0.39, 0.29) is 26.2 Å². The van der Waals surface area contributed by atoms with Gasteiger partial charge in [-0.15, -0.1) is 0 Å². The summed E-state index contributed by atoms with van der Waals surface area (Å²) >= 11 is 0. The van der Waals surface area contributed by atoms with Gasteiger partial charge in [0.1, 0.15) is 0 Å². The first-order valence-corrected chi connectivity index (χ1v) is 27.4. The monoisotopic (exact) mass is 873 g/mol. The van der Waals surface area contributed by atoms with Gasteiger partial charge < -0.3 is 26.2 Å². The van der Waals surface area contributed by atoms with Crippen molar-refractivity contribution in [1.29, 1.82) is 0 Å². The molecule has 4 unspecified atom stereocenters. The second kappa shape index (κ2) is 46.2. The Morgan fingerprint density at radius 1 is 0.550 bits per heavy atom. The molecule has 0 aromatic rings. The molecule has 0 rings (SSSR count).